The van der Waals surface area contributed by atoms with Crippen molar-refractivity contribution >= 4 is 22.4 Å². The molecule has 3 N–H and O–H groups in total. The van der Waals surface area contributed by atoms with Crippen LogP contribution in [-0.2, 0) is 15.8 Å². The fourth-order valence-electron chi connectivity index (χ4n) is 2.56. The Morgan fingerprint density at radius 2 is 1.74 bits per heavy atom. The first-order chi connectivity index (χ1) is 8.55. The predicted molar refractivity (Wildman–Crippen MR) is 79.7 cm³/mol. The molecule has 0 unspecified atom stereocenters. The lowest BCUT2D eigenvalue weighted by Crippen LogP contribution is -2.51. The molecule has 2 rings (SSSR count). The zero-order valence-electron chi connectivity index (χ0n) is 10.8. The fraction of sp³-hybridized carbons (Fsp3) is 0.538. The van der Waals surface area contributed by atoms with E-state index in [9.17, 15) is 8.42 Å². The summed E-state index contributed by atoms with van der Waals surface area (Å²) in [5.74, 6) is 0.0234. The van der Waals surface area contributed by atoms with E-state index in [0.29, 0.717) is 6.54 Å². The van der Waals surface area contributed by atoms with Crippen LogP contribution >= 0.6 is 12.4 Å². The summed E-state index contributed by atoms with van der Waals surface area (Å²) >= 11 is 0. The van der Waals surface area contributed by atoms with Crippen molar-refractivity contribution in [3.05, 3.63) is 35.9 Å². The Morgan fingerprint density at radius 3 is 2.26 bits per heavy atom. The summed E-state index contributed by atoms with van der Waals surface area (Å²) in [5.41, 5.74) is 6.13. The van der Waals surface area contributed by atoms with E-state index in [0.717, 1.165) is 31.2 Å². The van der Waals surface area contributed by atoms with Crippen LogP contribution in [0.1, 0.15) is 31.2 Å². The molecular weight excluding hydrogens is 284 g/mol. The van der Waals surface area contributed by atoms with Gasteiger partial charge < -0.3 is 5.73 Å². The Morgan fingerprint density at radius 1 is 1.16 bits per heavy atom. The van der Waals surface area contributed by atoms with Crippen molar-refractivity contribution in [2.45, 2.75) is 37.0 Å². The van der Waals surface area contributed by atoms with Crippen LogP contribution in [0.4, 0.5) is 0 Å². The Balaban J connectivity index is 0.00000180. The van der Waals surface area contributed by atoms with Crippen LogP contribution < -0.4 is 10.5 Å². The van der Waals surface area contributed by atoms with Crippen molar-refractivity contribution in [2.24, 2.45) is 5.73 Å². The molecule has 0 bridgehead atoms. The highest BCUT2D eigenvalue weighted by Crippen LogP contribution is 2.29. The lowest BCUT2D eigenvalue weighted by Gasteiger charge is -2.28. The Hall–Kier alpha value is -0.620. The lowest BCUT2D eigenvalue weighted by molar-refractivity contribution is 0.399. The molecule has 0 spiro atoms. The molecule has 0 atom stereocenters. The normalized spacial score (nSPS) is 17.9. The second-order valence-corrected chi connectivity index (χ2v) is 6.76. The van der Waals surface area contributed by atoms with Crippen molar-refractivity contribution in [1.82, 2.24) is 4.72 Å². The van der Waals surface area contributed by atoms with E-state index in [-0.39, 0.29) is 18.2 Å². The number of hydrogen-bond donors (Lipinski definition) is 2. The molecule has 6 heteroatoms. The van der Waals surface area contributed by atoms with E-state index in [1.54, 1.807) is 0 Å². The molecule has 0 saturated heterocycles. The predicted octanol–water partition coefficient (Wildman–Crippen LogP) is 1.80. The third-order valence-corrected chi connectivity index (χ3v) is 4.98. The maximum atomic E-state index is 12.2. The minimum Gasteiger partial charge on any atom is -0.329 e. The first-order valence-electron chi connectivity index (χ1n) is 6.31. The van der Waals surface area contributed by atoms with Crippen molar-refractivity contribution in [2.75, 3.05) is 6.54 Å². The monoisotopic (exact) mass is 304 g/mol. The van der Waals surface area contributed by atoms with Gasteiger partial charge in [-0.25, -0.2) is 13.1 Å². The summed E-state index contributed by atoms with van der Waals surface area (Å²) < 4.78 is 27.1. The van der Waals surface area contributed by atoms with Crippen LogP contribution in [0.25, 0.3) is 0 Å². The second-order valence-electron chi connectivity index (χ2n) is 5.04. The highest BCUT2D eigenvalue weighted by Gasteiger charge is 2.36. The summed E-state index contributed by atoms with van der Waals surface area (Å²) in [6.45, 7) is 0.376. The van der Waals surface area contributed by atoms with Crippen LogP contribution in [0.2, 0.25) is 0 Å². The van der Waals surface area contributed by atoms with Gasteiger partial charge in [-0.1, -0.05) is 43.2 Å². The van der Waals surface area contributed by atoms with E-state index < -0.39 is 15.6 Å². The van der Waals surface area contributed by atoms with E-state index in [1.807, 2.05) is 30.3 Å². The van der Waals surface area contributed by atoms with Gasteiger partial charge >= 0.3 is 0 Å². The van der Waals surface area contributed by atoms with Crippen LogP contribution in [0.5, 0.6) is 0 Å². The van der Waals surface area contributed by atoms with Crippen molar-refractivity contribution in [3.8, 4) is 0 Å². The minimum absolute atomic E-state index is 0. The van der Waals surface area contributed by atoms with Crippen LogP contribution in [-0.4, -0.2) is 20.5 Å². The number of hydrogen-bond acceptors (Lipinski definition) is 3. The average molecular weight is 305 g/mol. The quantitative estimate of drug-likeness (QED) is 0.871. The summed E-state index contributed by atoms with van der Waals surface area (Å²) in [6.07, 6.45) is 3.78. The van der Waals surface area contributed by atoms with Gasteiger partial charge in [0.1, 0.15) is 0 Å². The van der Waals surface area contributed by atoms with E-state index in [1.165, 1.54) is 0 Å². The molecule has 0 heterocycles. The lowest BCUT2D eigenvalue weighted by atomic mass is 10.0. The second kappa shape index (κ2) is 6.70. The molecule has 0 aliphatic heterocycles. The Labute approximate surface area is 121 Å². The maximum Gasteiger partial charge on any atom is 0.216 e. The zero-order valence-corrected chi connectivity index (χ0v) is 12.5. The molecule has 19 heavy (non-hydrogen) atoms. The largest absolute Gasteiger partial charge is 0.329 e. The summed E-state index contributed by atoms with van der Waals surface area (Å²) in [5, 5.41) is 0. The average Bonchev–Trinajstić information content (AvgIpc) is 2.78. The Bertz CT molecular complexity index is 485. The molecule has 1 aliphatic carbocycles. The highest BCUT2D eigenvalue weighted by atomic mass is 35.5. The molecule has 0 aromatic heterocycles. The molecular formula is C13H21ClN2O2S. The number of halogens is 1. The zero-order chi connectivity index (χ0) is 13.1. The van der Waals surface area contributed by atoms with Gasteiger partial charge in [0.05, 0.1) is 5.75 Å². The van der Waals surface area contributed by atoms with Gasteiger partial charge in [0.2, 0.25) is 10.0 Å². The third kappa shape index (κ3) is 4.45. The van der Waals surface area contributed by atoms with Gasteiger partial charge in [0, 0.05) is 12.1 Å². The SMILES string of the molecule is Cl.NCC1(NS(=O)(=O)Cc2ccccc2)CCCC1. The standard InChI is InChI=1S/C13H20N2O2S.ClH/c14-11-13(8-4-5-9-13)15-18(16,17)10-12-6-2-1-3-7-12;/h1-3,6-7,15H,4-5,8-11,14H2;1H. The van der Waals surface area contributed by atoms with Crippen molar-refractivity contribution < 1.29 is 8.42 Å². The van der Waals surface area contributed by atoms with Crippen LogP contribution in [0.3, 0.4) is 0 Å². The van der Waals surface area contributed by atoms with Gasteiger partial charge in [-0.3, -0.25) is 0 Å². The molecule has 1 aromatic carbocycles. The Kier molecular flexibility index (Phi) is 5.80. The molecule has 1 saturated carbocycles. The van der Waals surface area contributed by atoms with Crippen molar-refractivity contribution in [3.63, 3.8) is 0 Å². The summed E-state index contributed by atoms with van der Waals surface area (Å²) in [7, 11) is -3.32. The molecule has 4 nitrogen and oxygen atoms in total. The molecule has 108 valence electrons. The van der Waals surface area contributed by atoms with Gasteiger partial charge in [-0.05, 0) is 18.4 Å². The molecule has 1 aliphatic rings. The van der Waals surface area contributed by atoms with Gasteiger partial charge in [0.15, 0.2) is 0 Å². The smallest absolute Gasteiger partial charge is 0.216 e. The number of benzene rings is 1. The molecule has 0 amide bonds. The fourth-order valence-corrected chi connectivity index (χ4v) is 4.21. The first kappa shape index (κ1) is 16.4. The number of rotatable bonds is 5. The third-order valence-electron chi connectivity index (χ3n) is 3.52. The first-order valence-corrected chi connectivity index (χ1v) is 7.96. The maximum absolute atomic E-state index is 12.2. The van der Waals surface area contributed by atoms with Crippen LogP contribution in [0, 0.1) is 0 Å². The van der Waals surface area contributed by atoms with E-state index in [2.05, 4.69) is 4.72 Å². The highest BCUT2D eigenvalue weighted by molar-refractivity contribution is 7.88. The number of nitrogens with one attached hydrogen (secondary N) is 1. The van der Waals surface area contributed by atoms with Gasteiger partial charge in [0.25, 0.3) is 0 Å². The van der Waals surface area contributed by atoms with Crippen molar-refractivity contribution in [1.29, 1.82) is 0 Å². The molecule has 0 radical (unpaired) electrons. The van der Waals surface area contributed by atoms with Gasteiger partial charge in [-0.2, -0.15) is 0 Å². The van der Waals surface area contributed by atoms with Gasteiger partial charge in [-0.15, -0.1) is 12.4 Å². The van der Waals surface area contributed by atoms with Crippen LogP contribution in [0.15, 0.2) is 30.3 Å². The number of nitrogens with two attached hydrogens (primary N) is 1. The summed E-state index contributed by atoms with van der Waals surface area (Å²) in [6, 6.07) is 9.21. The topological polar surface area (TPSA) is 72.2 Å². The summed E-state index contributed by atoms with van der Waals surface area (Å²) in [4.78, 5) is 0. The van der Waals surface area contributed by atoms with E-state index >= 15 is 0 Å². The molecule has 1 aromatic rings. The van der Waals surface area contributed by atoms with E-state index in [4.69, 9.17) is 5.73 Å². The number of sulfonamides is 1. The molecule has 1 fully saturated rings. The minimum atomic E-state index is -3.32.